The van der Waals surface area contributed by atoms with E-state index in [1.54, 1.807) is 21.0 Å². The number of nitrogens with one attached hydrogen (secondary N) is 2. The van der Waals surface area contributed by atoms with Crippen LogP contribution in [0.2, 0.25) is 0 Å². The number of benzene rings is 1. The van der Waals surface area contributed by atoms with Crippen LogP contribution in [0.15, 0.2) is 23.2 Å². The van der Waals surface area contributed by atoms with Gasteiger partial charge < -0.3 is 35.3 Å². The molecule has 1 aromatic rings. The van der Waals surface area contributed by atoms with Gasteiger partial charge in [0, 0.05) is 38.4 Å². The summed E-state index contributed by atoms with van der Waals surface area (Å²) in [6, 6.07) is 5.65. The molecular formula is C21H35IN4O5. The third-order valence-corrected chi connectivity index (χ3v) is 4.50. The van der Waals surface area contributed by atoms with Crippen molar-refractivity contribution in [3.8, 4) is 11.5 Å². The summed E-state index contributed by atoms with van der Waals surface area (Å²) in [7, 11) is 1.65. The summed E-state index contributed by atoms with van der Waals surface area (Å²) >= 11 is 0. The van der Waals surface area contributed by atoms with Crippen molar-refractivity contribution in [2.75, 3.05) is 58.6 Å². The smallest absolute Gasteiger partial charge is 0.224 e. The zero-order chi connectivity index (χ0) is 21.8. The number of primary amides is 1. The predicted octanol–water partition coefficient (Wildman–Crippen LogP) is 2.39. The van der Waals surface area contributed by atoms with E-state index in [9.17, 15) is 4.79 Å². The minimum absolute atomic E-state index is 0. The van der Waals surface area contributed by atoms with Crippen LogP contribution >= 0.6 is 24.0 Å². The van der Waals surface area contributed by atoms with E-state index in [4.69, 9.17) is 24.7 Å². The monoisotopic (exact) mass is 550 g/mol. The van der Waals surface area contributed by atoms with Crippen LogP contribution in [0, 0.1) is 5.41 Å². The van der Waals surface area contributed by atoms with E-state index in [1.807, 2.05) is 18.2 Å². The number of nitrogens with zero attached hydrogens (tertiary/aromatic N) is 1. The average molecular weight is 550 g/mol. The molecule has 0 saturated carbocycles. The molecule has 0 saturated heterocycles. The second kappa shape index (κ2) is 14.3. The highest BCUT2D eigenvalue weighted by Crippen LogP contribution is 2.32. The van der Waals surface area contributed by atoms with Crippen molar-refractivity contribution < 1.29 is 23.7 Å². The molecule has 1 aromatic carbocycles. The van der Waals surface area contributed by atoms with Crippen molar-refractivity contribution >= 4 is 41.5 Å². The van der Waals surface area contributed by atoms with Crippen LogP contribution in [0.1, 0.15) is 26.7 Å². The van der Waals surface area contributed by atoms with Crippen LogP contribution in [0.4, 0.5) is 5.69 Å². The van der Waals surface area contributed by atoms with E-state index in [0.717, 1.165) is 24.3 Å². The fourth-order valence-corrected chi connectivity index (χ4v) is 2.50. The number of carbonyl (C=O) groups is 1. The Morgan fingerprint density at radius 3 is 2.65 bits per heavy atom. The van der Waals surface area contributed by atoms with Gasteiger partial charge in [-0.3, -0.25) is 9.79 Å². The summed E-state index contributed by atoms with van der Waals surface area (Å²) in [6.45, 7) is 7.47. The topological polar surface area (TPSA) is 116 Å². The minimum Gasteiger partial charge on any atom is -0.490 e. The van der Waals surface area contributed by atoms with Crippen LogP contribution in [0.5, 0.6) is 11.5 Å². The molecule has 1 aliphatic rings. The first-order valence-corrected chi connectivity index (χ1v) is 10.2. The molecule has 4 N–H and O–H groups in total. The number of guanidine groups is 1. The fraction of sp³-hybridized carbons (Fsp3) is 0.619. The van der Waals surface area contributed by atoms with Crippen LogP contribution in [0.25, 0.3) is 0 Å². The van der Waals surface area contributed by atoms with Gasteiger partial charge in [0.15, 0.2) is 17.5 Å². The Balaban J connectivity index is 0.00000480. The third kappa shape index (κ3) is 9.92. The number of hydrogen-bond donors (Lipinski definition) is 3. The lowest BCUT2D eigenvalue weighted by molar-refractivity contribution is -0.125. The van der Waals surface area contributed by atoms with E-state index >= 15 is 0 Å². The lowest BCUT2D eigenvalue weighted by Gasteiger charge is -2.19. The number of ether oxygens (including phenoxy) is 4. The normalized spacial score (nSPS) is 13.7. The quantitative estimate of drug-likeness (QED) is 0.168. The SMILES string of the molecule is COCCOCCCNC(=NCC(C)(C)C(N)=O)Nc1ccc2c(c1)OCCCO2.I. The lowest BCUT2D eigenvalue weighted by atomic mass is 9.93. The largest absolute Gasteiger partial charge is 0.490 e. The van der Waals surface area contributed by atoms with Crippen molar-refractivity contribution in [1.29, 1.82) is 0 Å². The van der Waals surface area contributed by atoms with Gasteiger partial charge in [0.25, 0.3) is 0 Å². The second-order valence-electron chi connectivity index (χ2n) is 7.64. The maximum Gasteiger partial charge on any atom is 0.224 e. The van der Waals surface area contributed by atoms with Gasteiger partial charge in [-0.25, -0.2) is 0 Å². The van der Waals surface area contributed by atoms with Crippen molar-refractivity contribution in [3.63, 3.8) is 0 Å². The van der Waals surface area contributed by atoms with E-state index < -0.39 is 11.3 Å². The molecule has 1 aliphatic heterocycles. The highest BCUT2D eigenvalue weighted by atomic mass is 127. The van der Waals surface area contributed by atoms with Gasteiger partial charge >= 0.3 is 0 Å². The van der Waals surface area contributed by atoms with E-state index in [-0.39, 0.29) is 30.5 Å². The number of hydrogen-bond acceptors (Lipinski definition) is 6. The summed E-state index contributed by atoms with van der Waals surface area (Å²) in [5.41, 5.74) is 5.53. The van der Waals surface area contributed by atoms with Crippen LogP contribution in [-0.2, 0) is 14.3 Å². The van der Waals surface area contributed by atoms with Crippen molar-refractivity contribution in [2.24, 2.45) is 16.1 Å². The van der Waals surface area contributed by atoms with E-state index in [2.05, 4.69) is 15.6 Å². The van der Waals surface area contributed by atoms with Gasteiger partial charge in [-0.05, 0) is 32.4 Å². The van der Waals surface area contributed by atoms with Gasteiger partial charge in [-0.2, -0.15) is 0 Å². The van der Waals surface area contributed by atoms with Gasteiger partial charge in [0.05, 0.1) is 38.4 Å². The number of halogens is 1. The minimum atomic E-state index is -0.747. The van der Waals surface area contributed by atoms with Gasteiger partial charge in [0.2, 0.25) is 5.91 Å². The summed E-state index contributed by atoms with van der Waals surface area (Å²) in [5.74, 6) is 1.58. The number of carbonyl (C=O) groups excluding carboxylic acids is 1. The number of methoxy groups -OCH3 is 1. The standard InChI is InChI=1S/C21H34N4O5.HI/c1-21(2,19(22)26)15-24-20(23-8-4-9-28-13-12-27-3)25-16-6-7-17-18(14-16)30-11-5-10-29-17;/h6-7,14H,4-5,8-13,15H2,1-3H3,(H2,22,26)(H2,23,24,25);1H. The Bertz CT molecular complexity index is 715. The molecular weight excluding hydrogens is 515 g/mol. The maximum atomic E-state index is 11.6. The zero-order valence-corrected chi connectivity index (χ0v) is 20.9. The van der Waals surface area contributed by atoms with E-state index in [1.165, 1.54) is 0 Å². The number of rotatable bonds is 11. The maximum absolute atomic E-state index is 11.6. The number of anilines is 1. The number of amides is 1. The summed E-state index contributed by atoms with van der Waals surface area (Å²) in [5, 5.41) is 6.53. The molecule has 0 aliphatic carbocycles. The molecule has 0 atom stereocenters. The molecule has 0 spiro atoms. The van der Waals surface area contributed by atoms with Crippen LogP contribution in [0.3, 0.4) is 0 Å². The first-order valence-electron chi connectivity index (χ1n) is 10.2. The molecule has 1 heterocycles. The number of aliphatic imine (C=N–C) groups is 1. The molecule has 10 heteroatoms. The first-order chi connectivity index (χ1) is 14.4. The van der Waals surface area contributed by atoms with Crippen LogP contribution < -0.4 is 25.8 Å². The third-order valence-electron chi connectivity index (χ3n) is 4.50. The van der Waals surface area contributed by atoms with E-state index in [0.29, 0.717) is 51.3 Å². The molecule has 31 heavy (non-hydrogen) atoms. The number of nitrogens with two attached hydrogens (primary N) is 1. The van der Waals surface area contributed by atoms with Gasteiger partial charge in [0.1, 0.15) is 0 Å². The molecule has 0 fully saturated rings. The average Bonchev–Trinajstić information content (AvgIpc) is 2.96. The van der Waals surface area contributed by atoms with Crippen LogP contribution in [-0.4, -0.2) is 65.1 Å². The predicted molar refractivity (Wildman–Crippen MR) is 132 cm³/mol. The summed E-state index contributed by atoms with van der Waals surface area (Å²) in [6.07, 6.45) is 1.64. The lowest BCUT2D eigenvalue weighted by Crippen LogP contribution is -2.37. The molecule has 9 nitrogen and oxygen atoms in total. The summed E-state index contributed by atoms with van der Waals surface area (Å²) < 4.78 is 21.9. The molecule has 1 amide bonds. The Kier molecular flexibility index (Phi) is 12.6. The van der Waals surface area contributed by atoms with Gasteiger partial charge in [-0.15, -0.1) is 24.0 Å². The molecule has 0 bridgehead atoms. The first kappa shape index (κ1) is 27.2. The van der Waals surface area contributed by atoms with Crippen molar-refractivity contribution in [3.05, 3.63) is 18.2 Å². The molecule has 176 valence electrons. The molecule has 0 radical (unpaired) electrons. The Hall–Kier alpha value is -1.79. The Morgan fingerprint density at radius 1 is 1.19 bits per heavy atom. The molecule has 0 aromatic heterocycles. The highest BCUT2D eigenvalue weighted by molar-refractivity contribution is 14.0. The zero-order valence-electron chi connectivity index (χ0n) is 18.6. The Labute approximate surface area is 201 Å². The van der Waals surface area contributed by atoms with Crippen molar-refractivity contribution in [2.45, 2.75) is 26.7 Å². The highest BCUT2D eigenvalue weighted by Gasteiger charge is 2.24. The molecule has 2 rings (SSSR count). The number of fused-ring (bicyclic) bond motifs is 1. The summed E-state index contributed by atoms with van der Waals surface area (Å²) in [4.78, 5) is 16.2. The Morgan fingerprint density at radius 2 is 1.94 bits per heavy atom. The molecule has 0 unspecified atom stereocenters. The van der Waals surface area contributed by atoms with Crippen molar-refractivity contribution in [1.82, 2.24) is 5.32 Å². The fourth-order valence-electron chi connectivity index (χ4n) is 2.50. The second-order valence-corrected chi connectivity index (χ2v) is 7.64. The van der Waals surface area contributed by atoms with Gasteiger partial charge in [-0.1, -0.05) is 0 Å².